The Morgan fingerprint density at radius 2 is 1.89 bits per heavy atom. The van der Waals surface area contributed by atoms with Gasteiger partial charge in [-0.15, -0.1) is 0 Å². The molecule has 0 saturated carbocycles. The topological polar surface area (TPSA) is 25.0 Å². The first-order chi connectivity index (χ1) is 9.42. The SMILES string of the molecule is C(=C\c1ccccc1)/COc1ccc2[nH]ccc2c1. The molecule has 2 nitrogen and oxygen atoms in total. The van der Waals surface area contributed by atoms with Gasteiger partial charge in [-0.25, -0.2) is 0 Å². The van der Waals surface area contributed by atoms with Gasteiger partial charge in [0.15, 0.2) is 0 Å². The number of hydrogen-bond acceptors (Lipinski definition) is 1. The van der Waals surface area contributed by atoms with Gasteiger partial charge in [0.1, 0.15) is 12.4 Å². The lowest BCUT2D eigenvalue weighted by Crippen LogP contribution is -1.92. The lowest BCUT2D eigenvalue weighted by atomic mass is 10.2. The zero-order valence-electron chi connectivity index (χ0n) is 10.5. The van der Waals surface area contributed by atoms with Crippen LogP contribution >= 0.6 is 0 Å². The first kappa shape index (κ1) is 11.6. The van der Waals surface area contributed by atoms with E-state index >= 15 is 0 Å². The lowest BCUT2D eigenvalue weighted by molar-refractivity contribution is 0.364. The number of nitrogens with one attached hydrogen (secondary N) is 1. The summed E-state index contributed by atoms with van der Waals surface area (Å²) in [5.74, 6) is 0.893. The molecule has 0 fully saturated rings. The Balaban J connectivity index is 1.61. The molecule has 1 aromatic heterocycles. The van der Waals surface area contributed by atoms with Gasteiger partial charge >= 0.3 is 0 Å². The average Bonchev–Trinajstić information content (AvgIpc) is 2.92. The third-order valence-corrected chi connectivity index (χ3v) is 2.98. The van der Waals surface area contributed by atoms with E-state index in [0.29, 0.717) is 6.61 Å². The molecule has 19 heavy (non-hydrogen) atoms. The van der Waals surface area contributed by atoms with E-state index in [2.05, 4.69) is 23.2 Å². The predicted molar refractivity (Wildman–Crippen MR) is 79.3 cm³/mol. The first-order valence-electron chi connectivity index (χ1n) is 6.33. The number of hydrogen-bond donors (Lipinski definition) is 1. The zero-order chi connectivity index (χ0) is 12.9. The lowest BCUT2D eigenvalue weighted by Gasteiger charge is -2.03. The number of benzene rings is 2. The van der Waals surface area contributed by atoms with E-state index in [1.807, 2.05) is 54.7 Å². The normalized spacial score (nSPS) is 11.2. The Labute approximate surface area is 112 Å². The van der Waals surface area contributed by atoms with Crippen LogP contribution in [0.1, 0.15) is 5.56 Å². The van der Waals surface area contributed by atoms with Crippen molar-refractivity contribution in [2.45, 2.75) is 0 Å². The Kier molecular flexibility index (Phi) is 3.32. The van der Waals surface area contributed by atoms with E-state index in [9.17, 15) is 0 Å². The number of fused-ring (bicyclic) bond motifs is 1. The van der Waals surface area contributed by atoms with Crippen molar-refractivity contribution in [3.05, 3.63) is 72.4 Å². The van der Waals surface area contributed by atoms with Gasteiger partial charge in [-0.3, -0.25) is 0 Å². The molecule has 0 aliphatic rings. The van der Waals surface area contributed by atoms with Crippen molar-refractivity contribution in [1.82, 2.24) is 4.98 Å². The molecule has 3 aromatic rings. The largest absolute Gasteiger partial charge is 0.490 e. The van der Waals surface area contributed by atoms with Crippen molar-refractivity contribution < 1.29 is 4.74 Å². The van der Waals surface area contributed by atoms with Crippen LogP contribution in [0, 0.1) is 0 Å². The molecule has 0 saturated heterocycles. The Hall–Kier alpha value is -2.48. The molecule has 2 heteroatoms. The molecule has 1 heterocycles. The standard InChI is InChI=1S/C17H15NO/c1-2-5-14(6-3-1)7-4-12-19-16-8-9-17-15(13-16)10-11-18-17/h1-11,13,18H,12H2/b7-4+. The van der Waals surface area contributed by atoms with Crippen LogP contribution in [-0.2, 0) is 0 Å². The fraction of sp³-hybridized carbons (Fsp3) is 0.0588. The summed E-state index contributed by atoms with van der Waals surface area (Å²) >= 11 is 0. The molecule has 1 N–H and O–H groups in total. The molecule has 0 bridgehead atoms. The van der Waals surface area contributed by atoms with Gasteiger partial charge in [0.25, 0.3) is 0 Å². The highest BCUT2D eigenvalue weighted by atomic mass is 16.5. The molecule has 0 radical (unpaired) electrons. The second-order valence-electron chi connectivity index (χ2n) is 4.35. The molecule has 3 rings (SSSR count). The number of aromatic nitrogens is 1. The zero-order valence-corrected chi connectivity index (χ0v) is 10.5. The second-order valence-corrected chi connectivity index (χ2v) is 4.35. The summed E-state index contributed by atoms with van der Waals surface area (Å²) in [5, 5.41) is 1.17. The minimum atomic E-state index is 0.574. The van der Waals surface area contributed by atoms with Crippen molar-refractivity contribution in [3.63, 3.8) is 0 Å². The average molecular weight is 249 g/mol. The van der Waals surface area contributed by atoms with Gasteiger partial charge in [-0.2, -0.15) is 0 Å². The first-order valence-corrected chi connectivity index (χ1v) is 6.33. The van der Waals surface area contributed by atoms with Gasteiger partial charge < -0.3 is 9.72 Å². The maximum Gasteiger partial charge on any atom is 0.120 e. The minimum Gasteiger partial charge on any atom is -0.490 e. The van der Waals surface area contributed by atoms with Gasteiger partial charge in [-0.05, 0) is 35.9 Å². The van der Waals surface area contributed by atoms with Gasteiger partial charge in [0.2, 0.25) is 0 Å². The number of rotatable bonds is 4. The molecular weight excluding hydrogens is 234 g/mol. The van der Waals surface area contributed by atoms with Crippen LogP contribution < -0.4 is 4.74 Å². The highest BCUT2D eigenvalue weighted by molar-refractivity contribution is 5.80. The number of aromatic amines is 1. The third kappa shape index (κ3) is 2.86. The Morgan fingerprint density at radius 1 is 1.00 bits per heavy atom. The smallest absolute Gasteiger partial charge is 0.120 e. The van der Waals surface area contributed by atoms with Crippen molar-refractivity contribution in [1.29, 1.82) is 0 Å². The summed E-state index contributed by atoms with van der Waals surface area (Å²) in [6, 6.07) is 18.3. The molecular formula is C17H15NO. The van der Waals surface area contributed by atoms with Crippen LogP contribution in [0.3, 0.4) is 0 Å². The van der Waals surface area contributed by atoms with Crippen LogP contribution in [0.15, 0.2) is 66.9 Å². The van der Waals surface area contributed by atoms with E-state index in [1.165, 1.54) is 10.9 Å². The quantitative estimate of drug-likeness (QED) is 0.734. The maximum absolute atomic E-state index is 5.70. The summed E-state index contributed by atoms with van der Waals surface area (Å²) in [5.41, 5.74) is 2.32. The van der Waals surface area contributed by atoms with E-state index in [-0.39, 0.29) is 0 Å². The van der Waals surface area contributed by atoms with Crippen LogP contribution in [0.5, 0.6) is 5.75 Å². The summed E-state index contributed by atoms with van der Waals surface area (Å²) in [6.07, 6.45) is 6.02. The van der Waals surface area contributed by atoms with Crippen LogP contribution in [0.4, 0.5) is 0 Å². The van der Waals surface area contributed by atoms with Crippen molar-refractivity contribution in [2.24, 2.45) is 0 Å². The van der Waals surface area contributed by atoms with E-state index in [4.69, 9.17) is 4.74 Å². The van der Waals surface area contributed by atoms with Gasteiger partial charge in [-0.1, -0.05) is 36.4 Å². The Bertz CT molecular complexity index is 683. The van der Waals surface area contributed by atoms with Crippen molar-refractivity contribution >= 4 is 17.0 Å². The highest BCUT2D eigenvalue weighted by Gasteiger charge is 1.96. The van der Waals surface area contributed by atoms with Gasteiger partial charge in [0, 0.05) is 17.1 Å². The number of ether oxygens (including phenoxy) is 1. The number of H-pyrrole nitrogens is 1. The van der Waals surface area contributed by atoms with E-state index in [0.717, 1.165) is 11.3 Å². The summed E-state index contributed by atoms with van der Waals surface area (Å²) in [7, 11) is 0. The van der Waals surface area contributed by atoms with Crippen LogP contribution in [-0.4, -0.2) is 11.6 Å². The van der Waals surface area contributed by atoms with E-state index < -0.39 is 0 Å². The maximum atomic E-state index is 5.70. The fourth-order valence-electron chi connectivity index (χ4n) is 2.01. The molecule has 0 spiro atoms. The second kappa shape index (κ2) is 5.44. The molecule has 0 aliphatic heterocycles. The molecule has 0 aliphatic carbocycles. The minimum absolute atomic E-state index is 0.574. The molecule has 94 valence electrons. The van der Waals surface area contributed by atoms with Crippen molar-refractivity contribution in [2.75, 3.05) is 6.61 Å². The summed E-state index contributed by atoms with van der Waals surface area (Å²) < 4.78 is 5.70. The van der Waals surface area contributed by atoms with Crippen molar-refractivity contribution in [3.8, 4) is 5.75 Å². The van der Waals surface area contributed by atoms with Gasteiger partial charge in [0.05, 0.1) is 0 Å². The van der Waals surface area contributed by atoms with Crippen LogP contribution in [0.2, 0.25) is 0 Å². The molecule has 0 unspecified atom stereocenters. The summed E-state index contributed by atoms with van der Waals surface area (Å²) in [4.78, 5) is 3.17. The Morgan fingerprint density at radius 3 is 2.79 bits per heavy atom. The molecule has 0 atom stereocenters. The monoisotopic (exact) mass is 249 g/mol. The molecule has 2 aromatic carbocycles. The van der Waals surface area contributed by atoms with Crippen LogP contribution in [0.25, 0.3) is 17.0 Å². The molecule has 0 amide bonds. The highest BCUT2D eigenvalue weighted by Crippen LogP contribution is 2.19. The predicted octanol–water partition coefficient (Wildman–Crippen LogP) is 4.26. The fourth-order valence-corrected chi connectivity index (χ4v) is 2.01. The third-order valence-electron chi connectivity index (χ3n) is 2.98. The van der Waals surface area contributed by atoms with E-state index in [1.54, 1.807) is 0 Å². The summed E-state index contributed by atoms with van der Waals surface area (Å²) in [6.45, 7) is 0.574.